The molecule has 0 aliphatic rings. The van der Waals surface area contributed by atoms with Crippen LogP contribution in [-0.4, -0.2) is 16.5 Å². The Morgan fingerprint density at radius 2 is 2.31 bits per heavy atom. The first-order valence-corrected chi connectivity index (χ1v) is 3.60. The maximum atomic E-state index is 13.1. The van der Waals surface area contributed by atoms with Gasteiger partial charge in [-0.25, -0.2) is 18.2 Å². The second kappa shape index (κ2) is 3.78. The SMILES string of the molecule is OC(F)(CCC(F)F)c1cocn1. The van der Waals surface area contributed by atoms with Gasteiger partial charge in [-0.3, -0.25) is 0 Å². The normalized spacial score (nSPS) is 16.1. The van der Waals surface area contributed by atoms with Crippen LogP contribution in [0.4, 0.5) is 13.2 Å². The number of nitrogens with zero attached hydrogens (tertiary/aromatic N) is 1. The van der Waals surface area contributed by atoms with Crippen molar-refractivity contribution in [3.05, 3.63) is 18.4 Å². The summed E-state index contributed by atoms with van der Waals surface area (Å²) >= 11 is 0. The lowest BCUT2D eigenvalue weighted by Crippen LogP contribution is -2.20. The van der Waals surface area contributed by atoms with E-state index in [1.54, 1.807) is 0 Å². The van der Waals surface area contributed by atoms with E-state index >= 15 is 0 Å². The minimum absolute atomic E-state index is 0.381. The third-order valence-corrected chi connectivity index (χ3v) is 1.52. The number of rotatable bonds is 4. The van der Waals surface area contributed by atoms with Gasteiger partial charge in [-0.05, 0) is 0 Å². The number of aromatic nitrogens is 1. The van der Waals surface area contributed by atoms with Crippen molar-refractivity contribution >= 4 is 0 Å². The third-order valence-electron chi connectivity index (χ3n) is 1.52. The van der Waals surface area contributed by atoms with Gasteiger partial charge in [0.2, 0.25) is 6.43 Å². The smallest absolute Gasteiger partial charge is 0.253 e. The minimum atomic E-state index is -2.83. The maximum Gasteiger partial charge on any atom is 0.253 e. The Hall–Kier alpha value is -1.04. The van der Waals surface area contributed by atoms with Crippen LogP contribution < -0.4 is 0 Å². The van der Waals surface area contributed by atoms with Crippen LogP contribution in [0.5, 0.6) is 0 Å². The fourth-order valence-corrected chi connectivity index (χ4v) is 0.830. The van der Waals surface area contributed by atoms with E-state index in [0.717, 1.165) is 12.7 Å². The first-order chi connectivity index (χ1) is 6.02. The zero-order valence-corrected chi connectivity index (χ0v) is 6.58. The van der Waals surface area contributed by atoms with Crippen molar-refractivity contribution in [1.82, 2.24) is 4.98 Å². The average Bonchev–Trinajstić information content (AvgIpc) is 2.53. The van der Waals surface area contributed by atoms with E-state index in [2.05, 4.69) is 9.40 Å². The Morgan fingerprint density at radius 1 is 1.62 bits per heavy atom. The average molecular weight is 195 g/mol. The number of hydrogen-bond acceptors (Lipinski definition) is 3. The Labute approximate surface area is 72.2 Å². The molecule has 1 unspecified atom stereocenters. The molecule has 0 fully saturated rings. The van der Waals surface area contributed by atoms with Crippen molar-refractivity contribution in [2.24, 2.45) is 0 Å². The van der Waals surface area contributed by atoms with Gasteiger partial charge in [0.15, 0.2) is 6.39 Å². The molecule has 1 atom stereocenters. The minimum Gasteiger partial charge on any atom is -0.451 e. The Kier molecular flexibility index (Phi) is 2.92. The van der Waals surface area contributed by atoms with Gasteiger partial charge in [-0.1, -0.05) is 0 Å². The lowest BCUT2D eigenvalue weighted by atomic mass is 10.1. The third kappa shape index (κ3) is 2.73. The number of aliphatic hydroxyl groups is 1. The molecule has 74 valence electrons. The van der Waals surface area contributed by atoms with Gasteiger partial charge in [0.25, 0.3) is 5.85 Å². The molecule has 0 spiro atoms. The summed E-state index contributed by atoms with van der Waals surface area (Å²) < 4.78 is 40.9. The van der Waals surface area contributed by atoms with Crippen LogP contribution in [0.15, 0.2) is 17.1 Å². The summed E-state index contributed by atoms with van der Waals surface area (Å²) in [6.07, 6.45) is -2.26. The molecule has 13 heavy (non-hydrogen) atoms. The summed E-state index contributed by atoms with van der Waals surface area (Å²) in [7, 11) is 0. The van der Waals surface area contributed by atoms with Crippen LogP contribution in [0.2, 0.25) is 0 Å². The monoisotopic (exact) mass is 195 g/mol. The second-order valence-electron chi connectivity index (χ2n) is 2.56. The van der Waals surface area contributed by atoms with Crippen molar-refractivity contribution in [3.8, 4) is 0 Å². The fraction of sp³-hybridized carbons (Fsp3) is 0.571. The molecule has 0 aliphatic heterocycles. The van der Waals surface area contributed by atoms with Crippen LogP contribution >= 0.6 is 0 Å². The van der Waals surface area contributed by atoms with Crippen LogP contribution in [0.1, 0.15) is 18.5 Å². The molecule has 3 nitrogen and oxygen atoms in total. The Balaban J connectivity index is 2.56. The first kappa shape index (κ1) is 10.0. The molecule has 6 heteroatoms. The summed E-state index contributed by atoms with van der Waals surface area (Å²) in [5, 5.41) is 9.00. The summed E-state index contributed by atoms with van der Waals surface area (Å²) in [6.45, 7) is 0. The molecule has 0 saturated heterocycles. The van der Waals surface area contributed by atoms with Crippen molar-refractivity contribution < 1.29 is 22.7 Å². The van der Waals surface area contributed by atoms with Crippen LogP contribution in [0.25, 0.3) is 0 Å². The zero-order valence-electron chi connectivity index (χ0n) is 6.58. The van der Waals surface area contributed by atoms with E-state index < -0.39 is 25.1 Å². The van der Waals surface area contributed by atoms with Gasteiger partial charge < -0.3 is 9.52 Å². The molecule has 1 rings (SSSR count). The quantitative estimate of drug-likeness (QED) is 0.797. The Morgan fingerprint density at radius 3 is 2.77 bits per heavy atom. The van der Waals surface area contributed by atoms with E-state index in [4.69, 9.17) is 5.11 Å². The lowest BCUT2D eigenvalue weighted by Gasteiger charge is -2.14. The van der Waals surface area contributed by atoms with E-state index in [9.17, 15) is 13.2 Å². The van der Waals surface area contributed by atoms with Gasteiger partial charge in [-0.15, -0.1) is 0 Å². The first-order valence-electron chi connectivity index (χ1n) is 3.60. The highest BCUT2D eigenvalue weighted by Gasteiger charge is 2.32. The molecule has 1 heterocycles. The maximum absolute atomic E-state index is 13.1. The molecule has 0 bridgehead atoms. The van der Waals surface area contributed by atoms with Gasteiger partial charge in [0.05, 0.1) is 0 Å². The number of oxazole rings is 1. The fourth-order valence-electron chi connectivity index (χ4n) is 0.830. The van der Waals surface area contributed by atoms with Crippen LogP contribution in [-0.2, 0) is 5.85 Å². The molecular weight excluding hydrogens is 187 g/mol. The van der Waals surface area contributed by atoms with Gasteiger partial charge in [-0.2, -0.15) is 0 Å². The predicted molar refractivity (Wildman–Crippen MR) is 36.7 cm³/mol. The lowest BCUT2D eigenvalue weighted by molar-refractivity contribution is -0.114. The Bertz CT molecular complexity index is 248. The van der Waals surface area contributed by atoms with Crippen molar-refractivity contribution in [2.75, 3.05) is 0 Å². The zero-order chi connectivity index (χ0) is 9.90. The highest BCUT2D eigenvalue weighted by atomic mass is 19.3. The molecule has 0 aromatic carbocycles. The predicted octanol–water partition coefficient (Wildman–Crippen LogP) is 1.83. The molecule has 0 aliphatic carbocycles. The molecule has 1 aromatic rings. The van der Waals surface area contributed by atoms with Gasteiger partial charge in [0, 0.05) is 12.8 Å². The van der Waals surface area contributed by atoms with E-state index in [0.29, 0.717) is 0 Å². The molecule has 0 amide bonds. The van der Waals surface area contributed by atoms with E-state index in [-0.39, 0.29) is 5.69 Å². The highest BCUT2D eigenvalue weighted by molar-refractivity contribution is 5.00. The largest absolute Gasteiger partial charge is 0.451 e. The van der Waals surface area contributed by atoms with Crippen LogP contribution in [0.3, 0.4) is 0 Å². The van der Waals surface area contributed by atoms with Crippen LogP contribution in [0, 0.1) is 0 Å². The molecular formula is C7H8F3NO2. The topological polar surface area (TPSA) is 46.3 Å². The number of halogens is 3. The molecule has 0 radical (unpaired) electrons. The summed E-state index contributed by atoms with van der Waals surface area (Å²) in [5.74, 6) is -2.83. The van der Waals surface area contributed by atoms with Gasteiger partial charge >= 0.3 is 0 Å². The second-order valence-corrected chi connectivity index (χ2v) is 2.56. The molecule has 1 aromatic heterocycles. The summed E-state index contributed by atoms with van der Waals surface area (Å²) in [5.41, 5.74) is -0.381. The molecule has 0 saturated carbocycles. The number of alkyl halides is 3. The van der Waals surface area contributed by atoms with E-state index in [1.807, 2.05) is 0 Å². The van der Waals surface area contributed by atoms with Crippen molar-refractivity contribution in [2.45, 2.75) is 25.1 Å². The molecule has 1 N–H and O–H groups in total. The summed E-state index contributed by atoms with van der Waals surface area (Å²) in [4.78, 5) is 3.33. The highest BCUT2D eigenvalue weighted by Crippen LogP contribution is 2.27. The van der Waals surface area contributed by atoms with Gasteiger partial charge in [0.1, 0.15) is 12.0 Å². The van der Waals surface area contributed by atoms with Crippen molar-refractivity contribution in [3.63, 3.8) is 0 Å². The number of hydrogen-bond donors (Lipinski definition) is 1. The standard InChI is InChI=1S/C7H8F3NO2/c8-6(9)1-2-7(10,12)5-3-13-4-11-5/h3-4,6,12H,1-2H2. The van der Waals surface area contributed by atoms with Crippen molar-refractivity contribution in [1.29, 1.82) is 0 Å². The van der Waals surface area contributed by atoms with E-state index in [1.165, 1.54) is 0 Å². The summed E-state index contributed by atoms with van der Waals surface area (Å²) in [6, 6.07) is 0.